The summed E-state index contributed by atoms with van der Waals surface area (Å²) in [6.45, 7) is 1.32. The Hall–Kier alpha value is -2.01. The lowest BCUT2D eigenvalue weighted by atomic mass is 9.81. The largest absolute Gasteiger partial charge is 1.00 e. The highest BCUT2D eigenvalue weighted by atomic mass is 79.9. The van der Waals surface area contributed by atoms with E-state index in [1.165, 1.54) is 10.5 Å². The second-order valence-electron chi connectivity index (χ2n) is 7.44. The molecule has 1 saturated carbocycles. The molecule has 2 amide bonds. The Kier molecular flexibility index (Phi) is 6.42. The van der Waals surface area contributed by atoms with E-state index in [2.05, 4.69) is 28.8 Å². The molecule has 4 rings (SSSR count). The zero-order valence-electron chi connectivity index (χ0n) is 15.4. The van der Waals surface area contributed by atoms with Crippen molar-refractivity contribution in [1.82, 2.24) is 4.90 Å². The number of hydrogen-bond donors (Lipinski definition) is 0. The molecule has 2 aromatic rings. The highest BCUT2D eigenvalue weighted by Gasteiger charge is 2.47. The van der Waals surface area contributed by atoms with Crippen LogP contribution in [0.2, 0.25) is 0 Å². The van der Waals surface area contributed by atoms with E-state index in [1.807, 2.05) is 30.6 Å². The number of halogens is 1. The van der Waals surface area contributed by atoms with Crippen LogP contribution in [0.3, 0.4) is 0 Å². The smallest absolute Gasteiger partial charge is 0.233 e. The molecule has 1 saturated heterocycles. The van der Waals surface area contributed by atoms with Gasteiger partial charge >= 0.3 is 0 Å². The molecule has 1 aliphatic carbocycles. The fraction of sp³-hybridized carbons (Fsp3) is 0.409. The number of nitrogens with zero attached hydrogens (tertiary/aromatic N) is 2. The molecule has 2 heterocycles. The highest BCUT2D eigenvalue weighted by Crippen LogP contribution is 2.38. The summed E-state index contributed by atoms with van der Waals surface area (Å²) in [4.78, 5) is 26.7. The minimum absolute atomic E-state index is 0. The zero-order chi connectivity index (χ0) is 17.9. The van der Waals surface area contributed by atoms with Gasteiger partial charge in [0.1, 0.15) is 0 Å². The fourth-order valence-corrected chi connectivity index (χ4v) is 4.21. The van der Waals surface area contributed by atoms with Gasteiger partial charge in [0.15, 0.2) is 18.9 Å². The number of rotatable bonds is 5. The molecule has 1 aromatic carbocycles. The normalized spacial score (nSPS) is 21.7. The van der Waals surface area contributed by atoms with Crippen molar-refractivity contribution in [2.24, 2.45) is 11.8 Å². The molecule has 2 aliphatic rings. The monoisotopic (exact) mass is 428 g/mol. The SMILES string of the molecule is O=C1C2CCCCC2C(=O)N1Cc1cc[n+](CCc2ccccc2)cc1.[Br-]. The van der Waals surface area contributed by atoms with Gasteiger partial charge in [-0.25, -0.2) is 4.57 Å². The first-order chi connectivity index (χ1) is 12.7. The molecule has 0 bridgehead atoms. The molecule has 0 radical (unpaired) electrons. The van der Waals surface area contributed by atoms with Crippen LogP contribution in [-0.4, -0.2) is 16.7 Å². The fourth-order valence-electron chi connectivity index (χ4n) is 4.21. The zero-order valence-corrected chi connectivity index (χ0v) is 17.0. The van der Waals surface area contributed by atoms with Gasteiger partial charge in [0, 0.05) is 18.6 Å². The van der Waals surface area contributed by atoms with Crippen LogP contribution in [0.1, 0.15) is 36.8 Å². The number of likely N-dealkylation sites (tertiary alicyclic amines) is 1. The molecule has 2 unspecified atom stereocenters. The number of aryl methyl sites for hydroxylation is 2. The van der Waals surface area contributed by atoms with Crippen molar-refractivity contribution in [3.63, 3.8) is 0 Å². The van der Waals surface area contributed by atoms with E-state index in [4.69, 9.17) is 0 Å². The van der Waals surface area contributed by atoms with Crippen LogP contribution in [-0.2, 0) is 29.1 Å². The minimum atomic E-state index is -0.0595. The van der Waals surface area contributed by atoms with Crippen LogP contribution in [0.5, 0.6) is 0 Å². The summed E-state index contributed by atoms with van der Waals surface area (Å²) in [5.74, 6) is -0.0347. The van der Waals surface area contributed by atoms with Crippen LogP contribution >= 0.6 is 0 Å². The Morgan fingerprint density at radius 3 is 2.04 bits per heavy atom. The molecule has 0 N–H and O–H groups in total. The van der Waals surface area contributed by atoms with Crippen LogP contribution in [0.25, 0.3) is 0 Å². The first-order valence-corrected chi connectivity index (χ1v) is 9.59. The number of imide groups is 1. The van der Waals surface area contributed by atoms with Gasteiger partial charge in [-0.2, -0.15) is 0 Å². The van der Waals surface area contributed by atoms with Crippen molar-refractivity contribution in [1.29, 1.82) is 0 Å². The quantitative estimate of drug-likeness (QED) is 0.492. The molecule has 142 valence electrons. The lowest BCUT2D eigenvalue weighted by Crippen LogP contribution is -3.00. The highest BCUT2D eigenvalue weighted by molar-refractivity contribution is 6.05. The van der Waals surface area contributed by atoms with E-state index >= 15 is 0 Å². The van der Waals surface area contributed by atoms with E-state index in [1.54, 1.807) is 0 Å². The number of benzene rings is 1. The molecule has 2 fully saturated rings. The molecule has 2 atom stereocenters. The van der Waals surface area contributed by atoms with E-state index in [0.29, 0.717) is 6.54 Å². The van der Waals surface area contributed by atoms with Crippen molar-refractivity contribution in [2.75, 3.05) is 0 Å². The van der Waals surface area contributed by atoms with Gasteiger partial charge in [0.05, 0.1) is 18.4 Å². The Morgan fingerprint density at radius 1 is 0.852 bits per heavy atom. The molecule has 27 heavy (non-hydrogen) atoms. The van der Waals surface area contributed by atoms with Crippen LogP contribution in [0.15, 0.2) is 54.9 Å². The van der Waals surface area contributed by atoms with Crippen molar-refractivity contribution in [3.8, 4) is 0 Å². The molecule has 5 heteroatoms. The van der Waals surface area contributed by atoms with Gasteiger partial charge in [-0.1, -0.05) is 43.2 Å². The number of hydrogen-bond acceptors (Lipinski definition) is 2. The number of carbonyl (C=O) groups excluding carboxylic acids is 2. The van der Waals surface area contributed by atoms with E-state index in [-0.39, 0.29) is 40.6 Å². The van der Waals surface area contributed by atoms with Crippen molar-refractivity contribution in [3.05, 3.63) is 66.0 Å². The average molecular weight is 429 g/mol. The summed E-state index contributed by atoms with van der Waals surface area (Å²) in [6, 6.07) is 14.5. The standard InChI is InChI=1S/C22H25N2O2.BrH/c25-21-19-8-4-5-9-20(19)22(26)24(21)16-18-11-14-23(15-12-18)13-10-17-6-2-1-3-7-17;/h1-3,6-7,11-12,14-15,19-20H,4-5,8-10,13,16H2;1H/q+1;/p-1. The van der Waals surface area contributed by atoms with Gasteiger partial charge in [-0.05, 0) is 24.0 Å². The summed E-state index contributed by atoms with van der Waals surface area (Å²) in [7, 11) is 0. The predicted octanol–water partition coefficient (Wildman–Crippen LogP) is -0.104. The van der Waals surface area contributed by atoms with Crippen LogP contribution in [0, 0.1) is 11.8 Å². The van der Waals surface area contributed by atoms with Gasteiger partial charge in [0.25, 0.3) is 0 Å². The molecular weight excluding hydrogens is 404 g/mol. The molecule has 4 nitrogen and oxygen atoms in total. The number of aromatic nitrogens is 1. The van der Waals surface area contributed by atoms with Crippen molar-refractivity contribution in [2.45, 2.75) is 45.2 Å². The van der Waals surface area contributed by atoms with Gasteiger partial charge < -0.3 is 17.0 Å². The van der Waals surface area contributed by atoms with Crippen molar-refractivity contribution >= 4 is 11.8 Å². The van der Waals surface area contributed by atoms with E-state index in [9.17, 15) is 9.59 Å². The second kappa shape index (κ2) is 8.79. The maximum Gasteiger partial charge on any atom is 0.233 e. The maximum atomic E-state index is 12.6. The molecule has 0 spiro atoms. The number of amides is 2. The Labute approximate surface area is 171 Å². The Bertz CT molecular complexity index is 768. The number of fused-ring (bicyclic) bond motifs is 1. The lowest BCUT2D eigenvalue weighted by Gasteiger charge is -2.19. The predicted molar refractivity (Wildman–Crippen MR) is 97.8 cm³/mol. The first-order valence-electron chi connectivity index (χ1n) is 9.59. The van der Waals surface area contributed by atoms with Crippen molar-refractivity contribution < 1.29 is 31.1 Å². The van der Waals surface area contributed by atoms with E-state index in [0.717, 1.165) is 44.2 Å². The molecular formula is C22H25BrN2O2. The van der Waals surface area contributed by atoms with E-state index < -0.39 is 0 Å². The summed E-state index contributed by atoms with van der Waals surface area (Å²) in [6.07, 6.45) is 8.95. The number of pyridine rings is 1. The summed E-state index contributed by atoms with van der Waals surface area (Å²) in [5.41, 5.74) is 2.33. The van der Waals surface area contributed by atoms with Gasteiger partial charge in [-0.15, -0.1) is 0 Å². The summed E-state index contributed by atoms with van der Waals surface area (Å²) < 4.78 is 2.14. The number of carbonyl (C=O) groups is 2. The lowest BCUT2D eigenvalue weighted by molar-refractivity contribution is -0.696. The third kappa shape index (κ3) is 4.29. The summed E-state index contributed by atoms with van der Waals surface area (Å²) in [5, 5.41) is 0. The minimum Gasteiger partial charge on any atom is -1.00 e. The second-order valence-corrected chi connectivity index (χ2v) is 7.44. The van der Waals surface area contributed by atoms with Gasteiger partial charge in [-0.3, -0.25) is 14.5 Å². The first kappa shape index (κ1) is 19.7. The average Bonchev–Trinajstić information content (AvgIpc) is 2.93. The molecule has 1 aliphatic heterocycles. The van der Waals surface area contributed by atoms with Crippen LogP contribution < -0.4 is 21.5 Å². The third-order valence-corrected chi connectivity index (χ3v) is 5.73. The molecule has 1 aromatic heterocycles. The topological polar surface area (TPSA) is 41.3 Å². The summed E-state index contributed by atoms with van der Waals surface area (Å²) >= 11 is 0. The third-order valence-electron chi connectivity index (χ3n) is 5.73. The van der Waals surface area contributed by atoms with Gasteiger partial charge in [0.2, 0.25) is 11.8 Å². The van der Waals surface area contributed by atoms with Crippen LogP contribution in [0.4, 0.5) is 0 Å². The Balaban J connectivity index is 0.00000210. The maximum absolute atomic E-state index is 12.6. The Morgan fingerprint density at radius 2 is 1.44 bits per heavy atom.